The van der Waals surface area contributed by atoms with E-state index in [0.717, 1.165) is 14.5 Å². The Kier molecular flexibility index (Phi) is 2.74. The van der Waals surface area contributed by atoms with Crippen molar-refractivity contribution in [1.82, 2.24) is 15.0 Å². The molecule has 0 aromatic carbocycles. The summed E-state index contributed by atoms with van der Waals surface area (Å²) < 4.78 is 0.910. The molecule has 0 aliphatic heterocycles. The number of aromatic nitrogens is 3. The normalized spacial score (nSPS) is 10.4. The zero-order valence-electron chi connectivity index (χ0n) is 7.07. The summed E-state index contributed by atoms with van der Waals surface area (Å²) in [4.78, 5) is 12.1. The Morgan fingerprint density at radius 1 is 1.43 bits per heavy atom. The second-order valence-electron chi connectivity index (χ2n) is 2.54. The molecule has 2 heterocycles. The number of aromatic amines is 1. The first kappa shape index (κ1) is 9.54. The van der Waals surface area contributed by atoms with Crippen molar-refractivity contribution in [1.29, 1.82) is 0 Å². The van der Waals surface area contributed by atoms with Gasteiger partial charge in [-0.3, -0.25) is 0 Å². The highest BCUT2D eigenvalue weighted by Gasteiger charge is 2.04. The van der Waals surface area contributed by atoms with E-state index in [1.54, 1.807) is 24.7 Å². The van der Waals surface area contributed by atoms with Gasteiger partial charge in [0.15, 0.2) is 5.16 Å². The number of halogens is 1. The predicted molar refractivity (Wildman–Crippen MR) is 59.1 cm³/mol. The van der Waals surface area contributed by atoms with Crippen LogP contribution in [0, 0.1) is 0 Å². The van der Waals surface area contributed by atoms with E-state index in [9.17, 15) is 0 Å². The van der Waals surface area contributed by atoms with Crippen LogP contribution in [-0.4, -0.2) is 15.0 Å². The molecule has 0 spiro atoms. The van der Waals surface area contributed by atoms with Crippen LogP contribution < -0.4 is 5.73 Å². The van der Waals surface area contributed by atoms with Gasteiger partial charge in [-0.05, 0) is 22.0 Å². The summed E-state index contributed by atoms with van der Waals surface area (Å²) in [5, 5.41) is 0.830. The minimum Gasteiger partial charge on any atom is -0.384 e. The van der Waals surface area contributed by atoms with Crippen molar-refractivity contribution in [3.63, 3.8) is 0 Å². The number of H-pyrrole nitrogens is 1. The fourth-order valence-corrected chi connectivity index (χ4v) is 2.16. The fourth-order valence-electron chi connectivity index (χ4n) is 0.924. The van der Waals surface area contributed by atoms with E-state index in [4.69, 9.17) is 5.73 Å². The maximum absolute atomic E-state index is 5.58. The lowest BCUT2D eigenvalue weighted by Crippen LogP contribution is -1.90. The molecule has 0 aliphatic rings. The first-order valence-corrected chi connectivity index (χ1v) is 5.45. The van der Waals surface area contributed by atoms with Gasteiger partial charge >= 0.3 is 0 Å². The van der Waals surface area contributed by atoms with Crippen molar-refractivity contribution < 1.29 is 0 Å². The molecular formula is C8H7BrN4S. The van der Waals surface area contributed by atoms with Gasteiger partial charge in [-0.2, -0.15) is 0 Å². The van der Waals surface area contributed by atoms with Gasteiger partial charge in [0.05, 0.1) is 4.47 Å². The predicted octanol–water partition coefficient (Wildman–Crippen LogP) is 2.30. The molecule has 4 nitrogen and oxygen atoms in total. The molecule has 0 fully saturated rings. The second-order valence-corrected chi connectivity index (χ2v) is 4.42. The molecule has 0 saturated heterocycles. The molecule has 0 aliphatic carbocycles. The Hall–Kier alpha value is -1.01. The maximum Gasteiger partial charge on any atom is 0.170 e. The number of hydrogen-bond donors (Lipinski definition) is 2. The molecule has 0 unspecified atom stereocenters. The summed E-state index contributed by atoms with van der Waals surface area (Å²) in [6.07, 6.45) is 5.17. The number of nitrogens with two attached hydrogens (primary N) is 1. The summed E-state index contributed by atoms with van der Waals surface area (Å²) in [6, 6.07) is 1.80. The van der Waals surface area contributed by atoms with Gasteiger partial charge < -0.3 is 10.7 Å². The number of nitrogens with one attached hydrogen (secondary N) is 1. The van der Waals surface area contributed by atoms with E-state index < -0.39 is 0 Å². The van der Waals surface area contributed by atoms with Crippen LogP contribution in [0.25, 0.3) is 0 Å². The number of anilines is 1. The molecule has 72 valence electrons. The SMILES string of the molecule is Nc1cc(Sc2ncc[nH]2)c(Br)cn1. The minimum atomic E-state index is 0.502. The summed E-state index contributed by atoms with van der Waals surface area (Å²) >= 11 is 4.90. The zero-order valence-corrected chi connectivity index (χ0v) is 9.47. The van der Waals surface area contributed by atoms with Crippen LogP contribution in [0.1, 0.15) is 0 Å². The second kappa shape index (κ2) is 4.02. The smallest absolute Gasteiger partial charge is 0.170 e. The third-order valence-corrected chi connectivity index (χ3v) is 3.39. The molecule has 0 amide bonds. The quantitative estimate of drug-likeness (QED) is 0.879. The van der Waals surface area contributed by atoms with Crippen LogP contribution >= 0.6 is 27.7 Å². The molecule has 2 aromatic heterocycles. The van der Waals surface area contributed by atoms with Crippen LogP contribution in [0.2, 0.25) is 0 Å². The van der Waals surface area contributed by atoms with Crippen LogP contribution in [0.5, 0.6) is 0 Å². The van der Waals surface area contributed by atoms with E-state index in [2.05, 4.69) is 30.9 Å². The van der Waals surface area contributed by atoms with Gasteiger partial charge in [-0.25, -0.2) is 9.97 Å². The molecule has 3 N–H and O–H groups in total. The number of hydrogen-bond acceptors (Lipinski definition) is 4. The topological polar surface area (TPSA) is 67.6 Å². The van der Waals surface area contributed by atoms with Crippen LogP contribution in [0.4, 0.5) is 5.82 Å². The fraction of sp³-hybridized carbons (Fsp3) is 0. The Balaban J connectivity index is 2.28. The van der Waals surface area contributed by atoms with Crippen LogP contribution in [0.15, 0.2) is 39.2 Å². The lowest BCUT2D eigenvalue weighted by Gasteiger charge is -2.01. The Morgan fingerprint density at radius 3 is 3.00 bits per heavy atom. The average molecular weight is 271 g/mol. The molecule has 0 atom stereocenters. The molecule has 0 bridgehead atoms. The Morgan fingerprint density at radius 2 is 2.29 bits per heavy atom. The van der Waals surface area contributed by atoms with Crippen LogP contribution in [0.3, 0.4) is 0 Å². The summed E-state index contributed by atoms with van der Waals surface area (Å²) in [5.74, 6) is 0.502. The summed E-state index contributed by atoms with van der Waals surface area (Å²) in [5.41, 5.74) is 5.58. The van der Waals surface area contributed by atoms with Crippen molar-refractivity contribution in [3.05, 3.63) is 29.1 Å². The van der Waals surface area contributed by atoms with Gasteiger partial charge in [0.2, 0.25) is 0 Å². The molecule has 6 heteroatoms. The van der Waals surface area contributed by atoms with Crippen LogP contribution in [-0.2, 0) is 0 Å². The molecule has 0 saturated carbocycles. The Labute approximate surface area is 93.5 Å². The monoisotopic (exact) mass is 270 g/mol. The summed E-state index contributed by atoms with van der Waals surface area (Å²) in [6.45, 7) is 0. The lowest BCUT2D eigenvalue weighted by atomic mass is 10.5. The van der Waals surface area contributed by atoms with Crippen molar-refractivity contribution in [2.45, 2.75) is 10.1 Å². The number of pyridine rings is 1. The Bertz CT molecular complexity index is 429. The van der Waals surface area contributed by atoms with E-state index in [1.165, 1.54) is 11.8 Å². The average Bonchev–Trinajstić information content (AvgIpc) is 2.64. The summed E-state index contributed by atoms with van der Waals surface area (Å²) in [7, 11) is 0. The highest BCUT2D eigenvalue weighted by Crippen LogP contribution is 2.31. The first-order valence-electron chi connectivity index (χ1n) is 3.84. The highest BCUT2D eigenvalue weighted by molar-refractivity contribution is 9.10. The maximum atomic E-state index is 5.58. The minimum absolute atomic E-state index is 0.502. The van der Waals surface area contributed by atoms with Crippen molar-refractivity contribution in [2.75, 3.05) is 5.73 Å². The van der Waals surface area contributed by atoms with Crippen molar-refractivity contribution in [3.8, 4) is 0 Å². The van der Waals surface area contributed by atoms with Gasteiger partial charge in [0.25, 0.3) is 0 Å². The van der Waals surface area contributed by atoms with E-state index in [-0.39, 0.29) is 0 Å². The zero-order chi connectivity index (χ0) is 9.97. The van der Waals surface area contributed by atoms with Gasteiger partial charge in [-0.15, -0.1) is 0 Å². The highest BCUT2D eigenvalue weighted by atomic mass is 79.9. The molecular weight excluding hydrogens is 264 g/mol. The van der Waals surface area contributed by atoms with E-state index >= 15 is 0 Å². The molecule has 2 rings (SSSR count). The first-order chi connectivity index (χ1) is 6.75. The third kappa shape index (κ3) is 2.08. The molecule has 0 radical (unpaired) electrons. The third-order valence-electron chi connectivity index (χ3n) is 1.52. The van der Waals surface area contributed by atoms with Crippen molar-refractivity contribution in [2.24, 2.45) is 0 Å². The van der Waals surface area contributed by atoms with E-state index in [1.807, 2.05) is 0 Å². The molecule has 14 heavy (non-hydrogen) atoms. The van der Waals surface area contributed by atoms with E-state index in [0.29, 0.717) is 5.82 Å². The van der Waals surface area contributed by atoms with Gasteiger partial charge in [-0.1, -0.05) is 11.8 Å². The number of rotatable bonds is 2. The van der Waals surface area contributed by atoms with Crippen molar-refractivity contribution >= 4 is 33.5 Å². The lowest BCUT2D eigenvalue weighted by molar-refractivity contribution is 1.06. The van der Waals surface area contributed by atoms with Gasteiger partial charge in [0, 0.05) is 23.5 Å². The number of nitrogens with zero attached hydrogens (tertiary/aromatic N) is 2. The standard InChI is InChI=1S/C8H7BrN4S/c9-5-4-13-7(10)3-6(5)14-8-11-1-2-12-8/h1-4H,(H2,10,13)(H,11,12). The van der Waals surface area contributed by atoms with Gasteiger partial charge in [0.1, 0.15) is 5.82 Å². The number of nitrogen functional groups attached to an aromatic ring is 1. The largest absolute Gasteiger partial charge is 0.384 e. The molecule has 2 aromatic rings. The number of imidazole rings is 1.